The van der Waals surface area contributed by atoms with Crippen LogP contribution >= 0.6 is 27.7 Å². The zero-order chi connectivity index (χ0) is 17.7. The van der Waals surface area contributed by atoms with Crippen LogP contribution < -0.4 is 10.6 Å². The standard InChI is InChI=1S/C16H13BrN4O2S/c1-9-12(6-18)15(23)21-16(13(9)7-19)24-8-14(22)20-11-4-2-10(17)3-5-11/h2-5,9,12H,8H2,1H3,(H,20,22)(H,21,23)/t9-,12+/m1/s1. The van der Waals surface area contributed by atoms with Crippen molar-refractivity contribution in [2.24, 2.45) is 11.8 Å². The van der Waals surface area contributed by atoms with Gasteiger partial charge in [0.1, 0.15) is 5.92 Å². The minimum absolute atomic E-state index is 0.0425. The second-order valence-electron chi connectivity index (χ2n) is 5.08. The zero-order valence-corrected chi connectivity index (χ0v) is 15.1. The van der Waals surface area contributed by atoms with Crippen molar-refractivity contribution in [3.63, 3.8) is 0 Å². The van der Waals surface area contributed by atoms with E-state index in [9.17, 15) is 14.9 Å². The summed E-state index contributed by atoms with van der Waals surface area (Å²) in [6, 6.07) is 11.1. The maximum atomic E-state index is 12.0. The number of allylic oxidation sites excluding steroid dienone is 1. The fourth-order valence-corrected chi connectivity index (χ4v) is 3.33. The highest BCUT2D eigenvalue weighted by Gasteiger charge is 2.35. The number of hydrogen-bond donors (Lipinski definition) is 2. The molecule has 2 rings (SSSR count). The van der Waals surface area contributed by atoms with E-state index >= 15 is 0 Å². The molecule has 0 radical (unpaired) electrons. The third-order valence-electron chi connectivity index (χ3n) is 3.45. The van der Waals surface area contributed by atoms with Crippen molar-refractivity contribution < 1.29 is 9.59 Å². The number of anilines is 1. The van der Waals surface area contributed by atoms with E-state index in [1.54, 1.807) is 19.1 Å². The van der Waals surface area contributed by atoms with Gasteiger partial charge in [-0.2, -0.15) is 10.5 Å². The normalized spacial score (nSPS) is 19.9. The number of nitrogens with one attached hydrogen (secondary N) is 2. The molecule has 2 amide bonds. The number of thioether (sulfide) groups is 1. The third-order valence-corrected chi connectivity index (χ3v) is 5.00. The first-order chi connectivity index (χ1) is 11.5. The molecule has 0 saturated carbocycles. The molecular weight excluding hydrogens is 392 g/mol. The average molecular weight is 405 g/mol. The van der Waals surface area contributed by atoms with Gasteiger partial charge in [-0.15, -0.1) is 0 Å². The molecule has 24 heavy (non-hydrogen) atoms. The molecule has 1 aliphatic heterocycles. The minimum Gasteiger partial charge on any atom is -0.325 e. The Morgan fingerprint density at radius 3 is 2.62 bits per heavy atom. The second kappa shape index (κ2) is 8.00. The summed E-state index contributed by atoms with van der Waals surface area (Å²) >= 11 is 4.39. The Morgan fingerprint density at radius 1 is 1.38 bits per heavy atom. The number of rotatable bonds is 4. The molecule has 122 valence electrons. The molecule has 0 aliphatic carbocycles. The van der Waals surface area contributed by atoms with E-state index in [0.717, 1.165) is 16.2 Å². The highest BCUT2D eigenvalue weighted by molar-refractivity contribution is 9.10. The Morgan fingerprint density at radius 2 is 2.04 bits per heavy atom. The molecule has 0 fully saturated rings. The number of nitrogens with zero attached hydrogens (tertiary/aromatic N) is 2. The molecule has 0 bridgehead atoms. The van der Waals surface area contributed by atoms with Crippen molar-refractivity contribution in [2.45, 2.75) is 6.92 Å². The smallest absolute Gasteiger partial charge is 0.242 e. The van der Waals surface area contributed by atoms with Gasteiger partial charge in [0, 0.05) is 16.1 Å². The Kier molecular flexibility index (Phi) is 6.02. The molecule has 0 aromatic heterocycles. The van der Waals surface area contributed by atoms with Crippen molar-refractivity contribution in [3.8, 4) is 12.1 Å². The van der Waals surface area contributed by atoms with Gasteiger partial charge in [-0.3, -0.25) is 9.59 Å². The number of hydrogen-bond acceptors (Lipinski definition) is 5. The number of amides is 2. The lowest BCUT2D eigenvalue weighted by Crippen LogP contribution is -2.39. The summed E-state index contributed by atoms with van der Waals surface area (Å²) in [6.07, 6.45) is 0. The molecule has 2 atom stereocenters. The minimum atomic E-state index is -0.888. The first kappa shape index (κ1) is 18.1. The predicted molar refractivity (Wildman–Crippen MR) is 94.3 cm³/mol. The molecule has 8 heteroatoms. The zero-order valence-electron chi connectivity index (χ0n) is 12.7. The lowest BCUT2D eigenvalue weighted by molar-refractivity contribution is -0.124. The van der Waals surface area contributed by atoms with Gasteiger partial charge in [0.25, 0.3) is 0 Å². The van der Waals surface area contributed by atoms with Crippen LogP contribution in [0.1, 0.15) is 6.92 Å². The van der Waals surface area contributed by atoms with Crippen LogP contribution in [-0.4, -0.2) is 17.6 Å². The number of carbonyl (C=O) groups is 2. The summed E-state index contributed by atoms with van der Waals surface area (Å²) in [5.74, 6) is -2.04. The Hall–Kier alpha value is -2.29. The van der Waals surface area contributed by atoms with Crippen molar-refractivity contribution >= 4 is 45.2 Å². The van der Waals surface area contributed by atoms with Gasteiger partial charge < -0.3 is 10.6 Å². The predicted octanol–water partition coefficient (Wildman–Crippen LogP) is 2.76. The molecule has 0 saturated heterocycles. The first-order valence-corrected chi connectivity index (χ1v) is 8.77. The number of halogens is 1. The van der Waals surface area contributed by atoms with Crippen LogP contribution in [0, 0.1) is 34.5 Å². The van der Waals surface area contributed by atoms with Gasteiger partial charge in [-0.1, -0.05) is 34.6 Å². The van der Waals surface area contributed by atoms with Crippen LogP contribution in [0.5, 0.6) is 0 Å². The summed E-state index contributed by atoms with van der Waals surface area (Å²) in [7, 11) is 0. The van der Waals surface area contributed by atoms with Crippen LogP contribution in [0.25, 0.3) is 0 Å². The van der Waals surface area contributed by atoms with E-state index in [1.165, 1.54) is 0 Å². The third kappa shape index (κ3) is 4.16. The molecule has 1 aliphatic rings. The van der Waals surface area contributed by atoms with Crippen molar-refractivity contribution in [3.05, 3.63) is 39.3 Å². The van der Waals surface area contributed by atoms with Gasteiger partial charge in [0.05, 0.1) is 28.5 Å². The van der Waals surface area contributed by atoms with E-state index in [-0.39, 0.29) is 11.7 Å². The molecule has 0 spiro atoms. The summed E-state index contributed by atoms with van der Waals surface area (Å²) in [5, 5.41) is 23.9. The van der Waals surface area contributed by atoms with Gasteiger partial charge in [0.15, 0.2) is 0 Å². The van der Waals surface area contributed by atoms with Crippen molar-refractivity contribution in [2.75, 3.05) is 11.1 Å². The molecule has 1 heterocycles. The molecule has 1 aromatic carbocycles. The Bertz CT molecular complexity index is 777. The first-order valence-electron chi connectivity index (χ1n) is 6.99. The van der Waals surface area contributed by atoms with Gasteiger partial charge in [0.2, 0.25) is 11.8 Å². The van der Waals surface area contributed by atoms with Crippen LogP contribution in [0.3, 0.4) is 0 Å². The van der Waals surface area contributed by atoms with Crippen molar-refractivity contribution in [1.29, 1.82) is 10.5 Å². The summed E-state index contributed by atoms with van der Waals surface area (Å²) in [5.41, 5.74) is 0.978. The summed E-state index contributed by atoms with van der Waals surface area (Å²) < 4.78 is 0.907. The van der Waals surface area contributed by atoms with E-state index in [2.05, 4.69) is 26.6 Å². The van der Waals surface area contributed by atoms with Gasteiger partial charge in [-0.25, -0.2) is 0 Å². The van der Waals surface area contributed by atoms with Gasteiger partial charge in [-0.05, 0) is 24.3 Å². The number of nitriles is 2. The fraction of sp³-hybridized carbons (Fsp3) is 0.250. The van der Waals surface area contributed by atoms with E-state index in [1.807, 2.05) is 24.3 Å². The Balaban J connectivity index is 2.03. The molecular formula is C16H13BrN4O2S. The highest BCUT2D eigenvalue weighted by atomic mass is 79.9. The molecule has 6 nitrogen and oxygen atoms in total. The second-order valence-corrected chi connectivity index (χ2v) is 6.98. The molecule has 0 unspecified atom stereocenters. The van der Waals surface area contributed by atoms with Gasteiger partial charge >= 0.3 is 0 Å². The molecule has 1 aromatic rings. The SMILES string of the molecule is C[C@H]1C(C#N)=C(SCC(=O)Nc2ccc(Br)cc2)NC(=O)[C@H]1C#N. The lowest BCUT2D eigenvalue weighted by Gasteiger charge is -2.25. The van der Waals surface area contributed by atoms with Crippen LogP contribution in [0.2, 0.25) is 0 Å². The fourth-order valence-electron chi connectivity index (χ4n) is 2.16. The summed E-state index contributed by atoms with van der Waals surface area (Å²) in [6.45, 7) is 1.66. The topological polar surface area (TPSA) is 106 Å². The Labute approximate surface area is 152 Å². The monoisotopic (exact) mass is 404 g/mol. The lowest BCUT2D eigenvalue weighted by atomic mass is 9.86. The summed E-state index contributed by atoms with van der Waals surface area (Å²) in [4.78, 5) is 23.9. The van der Waals surface area contributed by atoms with Crippen LogP contribution in [0.4, 0.5) is 5.69 Å². The quantitative estimate of drug-likeness (QED) is 0.802. The molecule has 2 N–H and O–H groups in total. The highest BCUT2D eigenvalue weighted by Crippen LogP contribution is 2.31. The van der Waals surface area contributed by atoms with Crippen LogP contribution in [0.15, 0.2) is 39.3 Å². The maximum absolute atomic E-state index is 12.0. The maximum Gasteiger partial charge on any atom is 0.242 e. The number of carbonyl (C=O) groups excluding carboxylic acids is 2. The average Bonchev–Trinajstić information content (AvgIpc) is 2.55. The number of benzene rings is 1. The van der Waals surface area contributed by atoms with E-state index in [0.29, 0.717) is 16.3 Å². The van der Waals surface area contributed by atoms with Crippen LogP contribution in [-0.2, 0) is 9.59 Å². The van der Waals surface area contributed by atoms with Crippen molar-refractivity contribution in [1.82, 2.24) is 5.32 Å². The largest absolute Gasteiger partial charge is 0.325 e. The van der Waals surface area contributed by atoms with E-state index < -0.39 is 17.7 Å². The van der Waals surface area contributed by atoms with E-state index in [4.69, 9.17) is 5.26 Å².